The van der Waals surface area contributed by atoms with Crippen LogP contribution in [0.25, 0.3) is 0 Å². The van der Waals surface area contributed by atoms with E-state index in [0.717, 1.165) is 12.1 Å². The molecule has 0 aromatic heterocycles. The summed E-state index contributed by atoms with van der Waals surface area (Å²) in [5.41, 5.74) is 6.60. The van der Waals surface area contributed by atoms with Crippen LogP contribution in [0.5, 0.6) is 5.75 Å². The molecule has 0 saturated carbocycles. The summed E-state index contributed by atoms with van der Waals surface area (Å²) in [5.74, 6) is -1.46. The molecule has 0 heterocycles. The maximum atomic E-state index is 13.5. The summed E-state index contributed by atoms with van der Waals surface area (Å²) in [4.78, 5) is 11.9. The smallest absolute Gasteiger partial charge is 0.229 e. The molecule has 6 heteroatoms. The van der Waals surface area contributed by atoms with Gasteiger partial charge in [0.2, 0.25) is 5.91 Å². The monoisotopic (exact) mass is 292 g/mol. The topological polar surface area (TPSA) is 64.3 Å². The fraction of sp³-hybridized carbons (Fsp3) is 0.133. The fourth-order valence-electron chi connectivity index (χ4n) is 1.86. The Morgan fingerprint density at radius 3 is 2.67 bits per heavy atom. The summed E-state index contributed by atoms with van der Waals surface area (Å²) in [6, 6.07) is 7.87. The molecule has 0 radical (unpaired) electrons. The molecular formula is C15H14F2N2O2. The zero-order valence-corrected chi connectivity index (χ0v) is 11.3. The van der Waals surface area contributed by atoms with Crippen LogP contribution in [0, 0.1) is 11.6 Å². The average Bonchev–Trinajstić information content (AvgIpc) is 2.42. The van der Waals surface area contributed by atoms with Crippen molar-refractivity contribution < 1.29 is 18.3 Å². The van der Waals surface area contributed by atoms with Gasteiger partial charge in [0, 0.05) is 11.8 Å². The number of methoxy groups -OCH3 is 1. The SMILES string of the molecule is COc1ccc(N)cc1NC(=O)Cc1ccc(F)cc1F. The molecule has 0 atom stereocenters. The number of benzene rings is 2. The number of ether oxygens (including phenoxy) is 1. The number of hydrogen-bond donors (Lipinski definition) is 2. The largest absolute Gasteiger partial charge is 0.495 e. The van der Waals surface area contributed by atoms with Gasteiger partial charge < -0.3 is 15.8 Å². The lowest BCUT2D eigenvalue weighted by atomic mass is 10.1. The van der Waals surface area contributed by atoms with Crippen molar-refractivity contribution in [3.63, 3.8) is 0 Å². The van der Waals surface area contributed by atoms with Crippen LogP contribution in [0.2, 0.25) is 0 Å². The summed E-state index contributed by atoms with van der Waals surface area (Å²) in [5, 5.41) is 2.59. The molecule has 0 fully saturated rings. The van der Waals surface area contributed by atoms with Crippen LogP contribution in [0.15, 0.2) is 36.4 Å². The summed E-state index contributed by atoms with van der Waals surface area (Å²) in [7, 11) is 1.46. The third-order valence-corrected chi connectivity index (χ3v) is 2.86. The van der Waals surface area contributed by atoms with Gasteiger partial charge in [-0.2, -0.15) is 0 Å². The van der Waals surface area contributed by atoms with Gasteiger partial charge in [0.05, 0.1) is 19.2 Å². The highest BCUT2D eigenvalue weighted by atomic mass is 19.1. The second kappa shape index (κ2) is 6.21. The van der Waals surface area contributed by atoms with Crippen molar-refractivity contribution in [2.45, 2.75) is 6.42 Å². The Morgan fingerprint density at radius 2 is 2.00 bits per heavy atom. The third-order valence-electron chi connectivity index (χ3n) is 2.86. The van der Waals surface area contributed by atoms with E-state index in [1.54, 1.807) is 12.1 Å². The van der Waals surface area contributed by atoms with E-state index in [1.807, 2.05) is 0 Å². The highest BCUT2D eigenvalue weighted by Gasteiger charge is 2.12. The molecule has 4 nitrogen and oxygen atoms in total. The number of amides is 1. The Kier molecular flexibility index (Phi) is 4.37. The molecule has 0 aliphatic heterocycles. The van der Waals surface area contributed by atoms with Crippen molar-refractivity contribution in [1.29, 1.82) is 0 Å². The van der Waals surface area contributed by atoms with Crippen molar-refractivity contribution >= 4 is 17.3 Å². The fourth-order valence-corrected chi connectivity index (χ4v) is 1.86. The van der Waals surface area contributed by atoms with E-state index in [9.17, 15) is 13.6 Å². The Labute approximate surface area is 120 Å². The van der Waals surface area contributed by atoms with Gasteiger partial charge in [-0.05, 0) is 29.8 Å². The Bertz CT molecular complexity index is 675. The van der Waals surface area contributed by atoms with Crippen molar-refractivity contribution in [2.75, 3.05) is 18.2 Å². The molecule has 2 aromatic rings. The minimum absolute atomic E-state index is 0.108. The van der Waals surface area contributed by atoms with Gasteiger partial charge in [-0.1, -0.05) is 6.07 Å². The number of nitrogens with one attached hydrogen (secondary N) is 1. The van der Waals surface area contributed by atoms with Gasteiger partial charge in [-0.25, -0.2) is 8.78 Å². The summed E-state index contributed by atoms with van der Waals surface area (Å²) >= 11 is 0. The number of anilines is 2. The summed E-state index contributed by atoms with van der Waals surface area (Å²) in [6.07, 6.45) is -0.218. The normalized spacial score (nSPS) is 10.2. The van der Waals surface area contributed by atoms with E-state index in [4.69, 9.17) is 10.5 Å². The van der Waals surface area contributed by atoms with E-state index >= 15 is 0 Å². The van der Waals surface area contributed by atoms with Crippen LogP contribution in [0.1, 0.15) is 5.56 Å². The van der Waals surface area contributed by atoms with Gasteiger partial charge in [0.1, 0.15) is 17.4 Å². The number of hydrogen-bond acceptors (Lipinski definition) is 3. The average molecular weight is 292 g/mol. The molecule has 2 rings (SSSR count). The summed E-state index contributed by atoms with van der Waals surface area (Å²) in [6.45, 7) is 0. The Balaban J connectivity index is 2.13. The predicted octanol–water partition coefficient (Wildman–Crippen LogP) is 2.74. The number of nitrogens with two attached hydrogens (primary N) is 1. The molecule has 21 heavy (non-hydrogen) atoms. The molecule has 3 N–H and O–H groups in total. The van der Waals surface area contributed by atoms with E-state index in [-0.39, 0.29) is 12.0 Å². The first-order valence-corrected chi connectivity index (χ1v) is 6.17. The van der Waals surface area contributed by atoms with Gasteiger partial charge in [-0.3, -0.25) is 4.79 Å². The first-order chi connectivity index (χ1) is 9.99. The minimum atomic E-state index is -0.760. The number of rotatable bonds is 4. The molecule has 0 aliphatic rings. The highest BCUT2D eigenvalue weighted by molar-refractivity contribution is 5.94. The maximum Gasteiger partial charge on any atom is 0.229 e. The second-order valence-electron chi connectivity index (χ2n) is 4.42. The molecule has 0 bridgehead atoms. The second-order valence-corrected chi connectivity index (χ2v) is 4.42. The van der Waals surface area contributed by atoms with Gasteiger partial charge in [0.15, 0.2) is 0 Å². The van der Waals surface area contributed by atoms with Crippen LogP contribution in [0.3, 0.4) is 0 Å². The number of carbonyl (C=O) groups excluding carboxylic acids is 1. The zero-order chi connectivity index (χ0) is 15.4. The molecule has 1 amide bonds. The minimum Gasteiger partial charge on any atom is -0.495 e. The molecule has 0 spiro atoms. The van der Waals surface area contributed by atoms with E-state index < -0.39 is 17.5 Å². The van der Waals surface area contributed by atoms with Crippen molar-refractivity contribution in [3.05, 3.63) is 53.6 Å². The Morgan fingerprint density at radius 1 is 1.24 bits per heavy atom. The molecule has 0 unspecified atom stereocenters. The van der Waals surface area contributed by atoms with Gasteiger partial charge in [0.25, 0.3) is 0 Å². The zero-order valence-electron chi connectivity index (χ0n) is 11.3. The van der Waals surface area contributed by atoms with Gasteiger partial charge in [-0.15, -0.1) is 0 Å². The maximum absolute atomic E-state index is 13.5. The predicted molar refractivity (Wildman–Crippen MR) is 76.1 cm³/mol. The molecule has 2 aromatic carbocycles. The number of halogens is 2. The molecule has 110 valence electrons. The molecule has 0 saturated heterocycles. The van der Waals surface area contributed by atoms with E-state index in [0.29, 0.717) is 17.1 Å². The first-order valence-electron chi connectivity index (χ1n) is 6.17. The van der Waals surface area contributed by atoms with Crippen molar-refractivity contribution in [1.82, 2.24) is 0 Å². The standard InChI is InChI=1S/C15H14F2N2O2/c1-21-14-5-4-11(18)8-13(14)19-15(20)6-9-2-3-10(16)7-12(9)17/h2-5,7-8H,6,18H2,1H3,(H,19,20). The number of nitrogen functional groups attached to an aromatic ring is 1. The number of carbonyl (C=O) groups is 1. The quantitative estimate of drug-likeness (QED) is 0.852. The lowest BCUT2D eigenvalue weighted by Gasteiger charge is -2.11. The first kappa shape index (κ1) is 14.8. The lowest BCUT2D eigenvalue weighted by molar-refractivity contribution is -0.115. The van der Waals surface area contributed by atoms with Crippen LogP contribution < -0.4 is 15.8 Å². The van der Waals surface area contributed by atoms with E-state index in [1.165, 1.54) is 19.2 Å². The van der Waals surface area contributed by atoms with Crippen molar-refractivity contribution in [3.8, 4) is 5.75 Å². The van der Waals surface area contributed by atoms with Crippen LogP contribution in [-0.4, -0.2) is 13.0 Å². The van der Waals surface area contributed by atoms with E-state index in [2.05, 4.69) is 5.32 Å². The van der Waals surface area contributed by atoms with Crippen molar-refractivity contribution in [2.24, 2.45) is 0 Å². The summed E-state index contributed by atoms with van der Waals surface area (Å²) < 4.78 is 31.4. The van der Waals surface area contributed by atoms with Gasteiger partial charge >= 0.3 is 0 Å². The third kappa shape index (κ3) is 3.68. The Hall–Kier alpha value is -2.63. The van der Waals surface area contributed by atoms with Crippen LogP contribution in [-0.2, 0) is 11.2 Å². The van der Waals surface area contributed by atoms with Crippen LogP contribution >= 0.6 is 0 Å². The van der Waals surface area contributed by atoms with Crippen LogP contribution in [0.4, 0.5) is 20.2 Å². The molecular weight excluding hydrogens is 278 g/mol. The molecule has 0 aliphatic carbocycles. The lowest BCUT2D eigenvalue weighted by Crippen LogP contribution is -2.16. The highest BCUT2D eigenvalue weighted by Crippen LogP contribution is 2.26.